The summed E-state index contributed by atoms with van der Waals surface area (Å²) >= 11 is 0. The van der Waals surface area contributed by atoms with Gasteiger partial charge in [0.2, 0.25) is 0 Å². The van der Waals surface area contributed by atoms with Crippen molar-refractivity contribution < 1.29 is 5.11 Å². The first kappa shape index (κ1) is 21.0. The summed E-state index contributed by atoms with van der Waals surface area (Å²) in [5, 5.41) is 17.3. The lowest BCUT2D eigenvalue weighted by Gasteiger charge is -2.33. The lowest BCUT2D eigenvalue weighted by molar-refractivity contribution is 0.0417. The Morgan fingerprint density at radius 1 is 1.13 bits per heavy atom. The van der Waals surface area contributed by atoms with E-state index in [0.717, 1.165) is 31.4 Å². The molecule has 2 aliphatic rings. The van der Waals surface area contributed by atoms with Crippen LogP contribution >= 0.6 is 24.0 Å². The second kappa shape index (κ2) is 10.0. The lowest BCUT2D eigenvalue weighted by Crippen LogP contribution is -2.49. The highest BCUT2D eigenvalue weighted by Gasteiger charge is 2.32. The molecule has 6 heteroatoms. The third-order valence-corrected chi connectivity index (χ3v) is 5.13. The number of nitrogens with one attached hydrogen (secondary N) is 2. The van der Waals surface area contributed by atoms with Crippen molar-refractivity contribution in [1.29, 1.82) is 0 Å². The predicted octanol–water partition coefficient (Wildman–Crippen LogP) is 2.34. The zero-order valence-electron chi connectivity index (χ0n) is 15.0. The van der Waals surface area contributed by atoms with Gasteiger partial charge in [-0.3, -0.25) is 4.99 Å². The molecule has 0 atom stereocenters. The number of aliphatic imine (C=N–C) groups is 1. The molecule has 1 saturated heterocycles. The van der Waals surface area contributed by atoms with E-state index in [1.54, 1.807) is 0 Å². The van der Waals surface area contributed by atoms with Gasteiger partial charge in [0.1, 0.15) is 0 Å². The predicted molar refractivity (Wildman–Crippen MR) is 108 cm³/mol. The van der Waals surface area contributed by atoms with E-state index in [0.29, 0.717) is 12.6 Å². The Labute approximate surface area is 158 Å². The van der Waals surface area contributed by atoms with Crippen LogP contribution < -0.4 is 10.6 Å². The Balaban J connectivity index is 0.00000264. The molecular formula is C17H35IN4O. The minimum absolute atomic E-state index is 0. The molecule has 0 bridgehead atoms. The van der Waals surface area contributed by atoms with Gasteiger partial charge in [-0.15, -0.1) is 24.0 Å². The van der Waals surface area contributed by atoms with Gasteiger partial charge < -0.3 is 20.6 Å². The first-order valence-corrected chi connectivity index (χ1v) is 9.11. The second-order valence-corrected chi connectivity index (χ2v) is 6.81. The third kappa shape index (κ3) is 6.74. The van der Waals surface area contributed by atoms with Crippen molar-refractivity contribution in [3.05, 3.63) is 0 Å². The molecule has 2 fully saturated rings. The van der Waals surface area contributed by atoms with Gasteiger partial charge in [0.05, 0.1) is 12.1 Å². The highest BCUT2D eigenvalue weighted by molar-refractivity contribution is 14.0. The maximum atomic E-state index is 10.4. The summed E-state index contributed by atoms with van der Waals surface area (Å²) in [7, 11) is 0. The molecule has 2 rings (SSSR count). The minimum atomic E-state index is -0.669. The van der Waals surface area contributed by atoms with Crippen LogP contribution in [0.4, 0.5) is 0 Å². The number of piperidine rings is 1. The summed E-state index contributed by atoms with van der Waals surface area (Å²) in [5.41, 5.74) is -0.669. The monoisotopic (exact) mass is 438 g/mol. The van der Waals surface area contributed by atoms with Crippen LogP contribution in [0.15, 0.2) is 4.99 Å². The molecule has 1 saturated carbocycles. The topological polar surface area (TPSA) is 59.9 Å². The Bertz CT molecular complexity index is 362. The van der Waals surface area contributed by atoms with Gasteiger partial charge in [-0.25, -0.2) is 0 Å². The van der Waals surface area contributed by atoms with E-state index in [2.05, 4.69) is 27.4 Å². The lowest BCUT2D eigenvalue weighted by atomic mass is 9.98. The van der Waals surface area contributed by atoms with Crippen molar-refractivity contribution in [3.8, 4) is 0 Å². The Morgan fingerprint density at radius 3 is 2.22 bits per heavy atom. The molecule has 0 amide bonds. The summed E-state index contributed by atoms with van der Waals surface area (Å²) in [6, 6.07) is 1.39. The van der Waals surface area contributed by atoms with Gasteiger partial charge in [-0.2, -0.15) is 0 Å². The number of aliphatic hydroxyl groups is 1. The molecule has 0 unspecified atom stereocenters. The van der Waals surface area contributed by atoms with Crippen molar-refractivity contribution in [2.75, 3.05) is 26.2 Å². The fraction of sp³-hybridized carbons (Fsp3) is 0.941. The van der Waals surface area contributed by atoms with Crippen LogP contribution in [0.5, 0.6) is 0 Å². The summed E-state index contributed by atoms with van der Waals surface area (Å²) in [4.78, 5) is 7.25. The van der Waals surface area contributed by atoms with E-state index in [-0.39, 0.29) is 24.0 Å². The van der Waals surface area contributed by atoms with Gasteiger partial charge in [-0.05, 0) is 45.4 Å². The zero-order valence-corrected chi connectivity index (χ0v) is 17.3. The quantitative estimate of drug-likeness (QED) is 0.325. The fourth-order valence-corrected chi connectivity index (χ4v) is 3.06. The Morgan fingerprint density at radius 2 is 1.74 bits per heavy atom. The van der Waals surface area contributed by atoms with Gasteiger partial charge in [-0.1, -0.05) is 13.8 Å². The molecular weight excluding hydrogens is 403 g/mol. The Hall–Kier alpha value is -0.0800. The van der Waals surface area contributed by atoms with Crippen LogP contribution in [0.25, 0.3) is 0 Å². The van der Waals surface area contributed by atoms with Gasteiger partial charge in [0, 0.05) is 31.7 Å². The number of nitrogens with zero attached hydrogens (tertiary/aromatic N) is 2. The number of hydrogen-bond donors (Lipinski definition) is 3. The molecule has 0 radical (unpaired) electrons. The molecule has 0 aromatic heterocycles. The Kier molecular flexibility index (Phi) is 9.15. The van der Waals surface area contributed by atoms with Crippen LogP contribution in [-0.2, 0) is 0 Å². The number of halogens is 1. The second-order valence-electron chi connectivity index (χ2n) is 6.81. The van der Waals surface area contributed by atoms with Crippen LogP contribution in [0.1, 0.15) is 59.3 Å². The SMILES string of the molecule is CCNC(=NCC(O)(CC)CC)NC1CCN(C2CC2)CC1.I. The number of likely N-dealkylation sites (tertiary alicyclic amines) is 1. The van der Waals surface area contributed by atoms with Crippen molar-refractivity contribution in [2.45, 2.75) is 77.0 Å². The van der Waals surface area contributed by atoms with Crippen LogP contribution in [0.2, 0.25) is 0 Å². The van der Waals surface area contributed by atoms with Crippen molar-refractivity contribution in [1.82, 2.24) is 15.5 Å². The first-order chi connectivity index (χ1) is 10.6. The largest absolute Gasteiger partial charge is 0.388 e. The zero-order chi connectivity index (χ0) is 16.0. The van der Waals surface area contributed by atoms with Crippen LogP contribution in [-0.4, -0.2) is 59.8 Å². The molecule has 0 aromatic carbocycles. The molecule has 0 spiro atoms. The highest BCUT2D eigenvalue weighted by atomic mass is 127. The first-order valence-electron chi connectivity index (χ1n) is 9.11. The molecule has 5 nitrogen and oxygen atoms in total. The van der Waals surface area contributed by atoms with E-state index in [4.69, 9.17) is 0 Å². The molecule has 0 aromatic rings. The normalized spacial score (nSPS) is 21.0. The van der Waals surface area contributed by atoms with Crippen molar-refractivity contribution >= 4 is 29.9 Å². The maximum Gasteiger partial charge on any atom is 0.191 e. The standard InChI is InChI=1S/C17H34N4O.HI/c1-4-17(22,5-2)13-19-16(18-6-3)20-14-9-11-21(12-10-14)15-7-8-15;/h14-15,22H,4-13H2,1-3H3,(H2,18,19,20);1H. The molecule has 1 aliphatic heterocycles. The average molecular weight is 438 g/mol. The minimum Gasteiger partial charge on any atom is -0.388 e. The van der Waals surface area contributed by atoms with E-state index in [1.165, 1.54) is 38.8 Å². The number of rotatable bonds is 7. The van der Waals surface area contributed by atoms with Gasteiger partial charge in [0.15, 0.2) is 5.96 Å². The van der Waals surface area contributed by atoms with Gasteiger partial charge >= 0.3 is 0 Å². The molecule has 1 heterocycles. The molecule has 136 valence electrons. The summed E-state index contributed by atoms with van der Waals surface area (Å²) in [5.74, 6) is 0.854. The van der Waals surface area contributed by atoms with E-state index in [1.807, 2.05) is 13.8 Å². The molecule has 23 heavy (non-hydrogen) atoms. The summed E-state index contributed by atoms with van der Waals surface area (Å²) in [6.07, 6.45) is 6.65. The van der Waals surface area contributed by atoms with E-state index in [9.17, 15) is 5.11 Å². The van der Waals surface area contributed by atoms with Crippen molar-refractivity contribution in [3.63, 3.8) is 0 Å². The summed E-state index contributed by atoms with van der Waals surface area (Å²) < 4.78 is 0. The smallest absolute Gasteiger partial charge is 0.191 e. The van der Waals surface area contributed by atoms with E-state index < -0.39 is 5.60 Å². The fourth-order valence-electron chi connectivity index (χ4n) is 3.06. The highest BCUT2D eigenvalue weighted by Crippen LogP contribution is 2.29. The van der Waals surface area contributed by atoms with Gasteiger partial charge in [0.25, 0.3) is 0 Å². The van der Waals surface area contributed by atoms with Crippen molar-refractivity contribution in [2.24, 2.45) is 4.99 Å². The average Bonchev–Trinajstić information content (AvgIpc) is 3.38. The van der Waals surface area contributed by atoms with E-state index >= 15 is 0 Å². The number of guanidine groups is 1. The molecule has 1 aliphatic carbocycles. The maximum absolute atomic E-state index is 10.4. The summed E-state index contributed by atoms with van der Waals surface area (Å²) in [6.45, 7) is 9.85. The van der Waals surface area contributed by atoms with Crippen LogP contribution in [0, 0.1) is 0 Å². The third-order valence-electron chi connectivity index (χ3n) is 5.13. The molecule has 3 N–H and O–H groups in total. The number of hydrogen-bond acceptors (Lipinski definition) is 3. The van der Waals surface area contributed by atoms with Crippen LogP contribution in [0.3, 0.4) is 0 Å².